The molecule has 12 heavy (non-hydrogen) atoms. The molecule has 0 aliphatic heterocycles. The van der Waals surface area contributed by atoms with Crippen molar-refractivity contribution in [2.75, 3.05) is 12.8 Å². The Labute approximate surface area is 115 Å². The first-order valence-electron chi connectivity index (χ1n) is 2.62. The Bertz CT molecular complexity index is 173. The van der Waals surface area contributed by atoms with Crippen LogP contribution in [0.1, 0.15) is 6.92 Å². The van der Waals surface area contributed by atoms with Crippen molar-refractivity contribution in [2.45, 2.75) is 6.92 Å². The van der Waals surface area contributed by atoms with Gasteiger partial charge in [0.05, 0.1) is 12.8 Å². The molecule has 0 spiro atoms. The van der Waals surface area contributed by atoms with Gasteiger partial charge in [-0.25, -0.2) is 0 Å². The largest absolute Gasteiger partial charge is 1.00 e. The standard InChI is InChI=1S/C4H9O5P.2Na/c1-2-9-10(7,8)3-4(5)6;;/h2-3H2,1H3,(H,5,6)(H,7,8);;/q;2*+1/p-2. The first kappa shape index (κ1) is 19.2. The number of carbonyl (C=O) groups is 1. The second kappa shape index (κ2) is 9.19. The van der Waals surface area contributed by atoms with Gasteiger partial charge in [0.25, 0.3) is 0 Å². The van der Waals surface area contributed by atoms with Crippen molar-refractivity contribution >= 4 is 13.6 Å². The summed E-state index contributed by atoms with van der Waals surface area (Å²) in [6.07, 6.45) is -1.05. The van der Waals surface area contributed by atoms with E-state index in [9.17, 15) is 19.4 Å². The molecule has 0 aliphatic rings. The Morgan fingerprint density at radius 2 is 1.92 bits per heavy atom. The molecule has 0 aromatic rings. The maximum Gasteiger partial charge on any atom is 1.00 e. The molecule has 0 rings (SSSR count). The molecule has 60 valence electrons. The Morgan fingerprint density at radius 3 is 2.17 bits per heavy atom. The predicted molar refractivity (Wildman–Crippen MR) is 29.1 cm³/mol. The zero-order chi connectivity index (χ0) is 8.20. The van der Waals surface area contributed by atoms with Crippen LogP contribution in [-0.4, -0.2) is 18.7 Å². The van der Waals surface area contributed by atoms with Crippen LogP contribution in [0.15, 0.2) is 0 Å². The Balaban J connectivity index is -0.000000405. The fourth-order valence-electron chi connectivity index (χ4n) is 0.400. The monoisotopic (exact) mass is 212 g/mol. The van der Waals surface area contributed by atoms with Gasteiger partial charge >= 0.3 is 59.1 Å². The summed E-state index contributed by atoms with van der Waals surface area (Å²) in [5.74, 6) is -1.65. The normalized spacial score (nSPS) is 13.5. The molecule has 1 atom stereocenters. The van der Waals surface area contributed by atoms with E-state index in [-0.39, 0.29) is 65.7 Å². The fourth-order valence-corrected chi connectivity index (χ4v) is 1.20. The van der Waals surface area contributed by atoms with Gasteiger partial charge in [0.1, 0.15) is 7.60 Å². The van der Waals surface area contributed by atoms with Gasteiger partial charge in [-0.1, -0.05) is 0 Å². The van der Waals surface area contributed by atoms with Crippen molar-refractivity contribution in [1.82, 2.24) is 0 Å². The van der Waals surface area contributed by atoms with Crippen LogP contribution in [0.2, 0.25) is 0 Å². The summed E-state index contributed by atoms with van der Waals surface area (Å²) in [5, 5.41) is 9.73. The van der Waals surface area contributed by atoms with Crippen LogP contribution in [-0.2, 0) is 13.9 Å². The molecule has 0 heterocycles. The number of rotatable bonds is 4. The van der Waals surface area contributed by atoms with Crippen LogP contribution >= 0.6 is 7.60 Å². The minimum atomic E-state index is -4.16. The molecule has 0 bridgehead atoms. The Kier molecular flexibility index (Phi) is 14.7. The van der Waals surface area contributed by atoms with Gasteiger partial charge in [0.15, 0.2) is 0 Å². The summed E-state index contributed by atoms with van der Waals surface area (Å²) in [6, 6.07) is 0. The van der Waals surface area contributed by atoms with E-state index >= 15 is 0 Å². The molecule has 0 fully saturated rings. The zero-order valence-electron chi connectivity index (χ0n) is 7.40. The SMILES string of the molecule is CCOP(=O)([O-])CC(=O)[O-].[Na+].[Na+]. The van der Waals surface area contributed by atoms with E-state index in [1.807, 2.05) is 0 Å². The van der Waals surface area contributed by atoms with Crippen LogP contribution in [0.3, 0.4) is 0 Å². The summed E-state index contributed by atoms with van der Waals surface area (Å²) in [7, 11) is -4.16. The van der Waals surface area contributed by atoms with Crippen LogP contribution in [0.5, 0.6) is 0 Å². The summed E-state index contributed by atoms with van der Waals surface area (Å²) in [5.41, 5.74) is 0. The number of aliphatic carboxylic acids is 1. The summed E-state index contributed by atoms with van der Waals surface area (Å²) < 4.78 is 14.5. The number of carboxylic acid groups (broad SMARTS) is 1. The van der Waals surface area contributed by atoms with E-state index in [1.165, 1.54) is 6.92 Å². The maximum atomic E-state index is 10.4. The predicted octanol–water partition coefficient (Wildman–Crippen LogP) is -7.67. The number of hydrogen-bond donors (Lipinski definition) is 0. The maximum absolute atomic E-state index is 10.4. The molecule has 0 N–H and O–H groups in total. The zero-order valence-corrected chi connectivity index (χ0v) is 12.3. The van der Waals surface area contributed by atoms with E-state index in [4.69, 9.17) is 0 Å². The number of carboxylic acids is 1. The molecule has 0 saturated heterocycles. The minimum absolute atomic E-state index is 0. The van der Waals surface area contributed by atoms with Crippen LogP contribution in [0.25, 0.3) is 0 Å². The average Bonchev–Trinajstić information content (AvgIpc) is 1.59. The summed E-state index contributed by atoms with van der Waals surface area (Å²) >= 11 is 0. The summed E-state index contributed by atoms with van der Waals surface area (Å²) in [4.78, 5) is 20.2. The van der Waals surface area contributed by atoms with E-state index in [0.29, 0.717) is 0 Å². The van der Waals surface area contributed by atoms with Crippen molar-refractivity contribution in [3.05, 3.63) is 0 Å². The average molecular weight is 212 g/mol. The molecular weight excluding hydrogens is 205 g/mol. The van der Waals surface area contributed by atoms with Crippen molar-refractivity contribution < 1.29 is 83.0 Å². The molecule has 1 unspecified atom stereocenters. The molecule has 0 aromatic heterocycles. The second-order valence-corrected chi connectivity index (χ2v) is 3.36. The van der Waals surface area contributed by atoms with Gasteiger partial charge in [0, 0.05) is 5.97 Å². The Morgan fingerprint density at radius 1 is 1.50 bits per heavy atom. The minimum Gasteiger partial charge on any atom is -0.778 e. The smallest absolute Gasteiger partial charge is 0.778 e. The van der Waals surface area contributed by atoms with Crippen LogP contribution in [0, 0.1) is 0 Å². The van der Waals surface area contributed by atoms with Gasteiger partial charge in [-0.3, -0.25) is 0 Å². The molecule has 0 aromatic carbocycles. The quantitative estimate of drug-likeness (QED) is 0.341. The molecule has 0 radical (unpaired) electrons. The first-order valence-corrected chi connectivity index (χ1v) is 4.35. The summed E-state index contributed by atoms with van der Waals surface area (Å²) in [6.45, 7) is 1.41. The van der Waals surface area contributed by atoms with Crippen LogP contribution in [0.4, 0.5) is 0 Å². The van der Waals surface area contributed by atoms with Crippen molar-refractivity contribution in [3.63, 3.8) is 0 Å². The topological polar surface area (TPSA) is 89.5 Å². The van der Waals surface area contributed by atoms with E-state index < -0.39 is 19.7 Å². The number of hydrogen-bond acceptors (Lipinski definition) is 5. The fraction of sp³-hybridized carbons (Fsp3) is 0.750. The molecule has 8 heteroatoms. The molecule has 0 aliphatic carbocycles. The van der Waals surface area contributed by atoms with E-state index in [0.717, 1.165) is 0 Å². The third-order valence-corrected chi connectivity index (χ3v) is 1.95. The number of carbonyl (C=O) groups excluding carboxylic acids is 1. The third kappa shape index (κ3) is 11.6. The van der Waals surface area contributed by atoms with E-state index in [1.54, 1.807) is 0 Å². The van der Waals surface area contributed by atoms with Crippen molar-refractivity contribution in [3.8, 4) is 0 Å². The van der Waals surface area contributed by atoms with E-state index in [2.05, 4.69) is 4.52 Å². The second-order valence-electron chi connectivity index (χ2n) is 1.56. The van der Waals surface area contributed by atoms with Crippen LogP contribution < -0.4 is 69.1 Å². The van der Waals surface area contributed by atoms with Gasteiger partial charge in [0.2, 0.25) is 0 Å². The molecule has 5 nitrogen and oxygen atoms in total. The van der Waals surface area contributed by atoms with Gasteiger partial charge < -0.3 is 23.9 Å². The first-order chi connectivity index (χ1) is 4.48. The van der Waals surface area contributed by atoms with Crippen molar-refractivity contribution in [2.24, 2.45) is 0 Å². The third-order valence-electron chi connectivity index (χ3n) is 0.649. The van der Waals surface area contributed by atoms with Gasteiger partial charge in [-0.15, -0.1) is 0 Å². The van der Waals surface area contributed by atoms with Gasteiger partial charge in [-0.05, 0) is 6.92 Å². The Hall–Kier alpha value is 1.62. The molecule has 0 saturated carbocycles. The van der Waals surface area contributed by atoms with Gasteiger partial charge in [-0.2, -0.15) is 0 Å². The molecular formula is C4H7Na2O5P. The van der Waals surface area contributed by atoms with Crippen molar-refractivity contribution in [1.29, 1.82) is 0 Å². The molecule has 0 amide bonds.